The molecule has 90 valence electrons. The summed E-state index contributed by atoms with van der Waals surface area (Å²) in [4.78, 5) is 18.8. The van der Waals surface area contributed by atoms with Crippen molar-refractivity contribution in [3.05, 3.63) is 58.8 Å². The van der Waals surface area contributed by atoms with Crippen molar-refractivity contribution in [1.82, 2.24) is 14.5 Å². The second-order valence-corrected chi connectivity index (χ2v) is 4.05. The third-order valence-electron chi connectivity index (χ3n) is 2.89. The van der Waals surface area contributed by atoms with Crippen LogP contribution < -0.4 is 11.4 Å². The topological polar surface area (TPSA) is 76.7 Å². The summed E-state index contributed by atoms with van der Waals surface area (Å²) in [6, 6.07) is 9.42. The second kappa shape index (κ2) is 4.12. The van der Waals surface area contributed by atoms with Crippen molar-refractivity contribution in [2.24, 2.45) is 5.73 Å². The van der Waals surface area contributed by atoms with Crippen molar-refractivity contribution in [3.63, 3.8) is 0 Å². The smallest absolute Gasteiger partial charge is 0.346 e. The fourth-order valence-electron chi connectivity index (χ4n) is 1.90. The zero-order chi connectivity index (χ0) is 12.5. The largest absolute Gasteiger partial charge is 0.354 e. The molecule has 0 radical (unpaired) electrons. The molecular formula is C13H12N4O. The summed E-state index contributed by atoms with van der Waals surface area (Å²) < 4.78 is 1.52. The Balaban J connectivity index is 2.17. The highest BCUT2D eigenvalue weighted by Gasteiger charge is 2.04. The van der Waals surface area contributed by atoms with Gasteiger partial charge in [-0.15, -0.1) is 0 Å². The van der Waals surface area contributed by atoms with Crippen molar-refractivity contribution in [2.75, 3.05) is 0 Å². The molecule has 1 aromatic carbocycles. The van der Waals surface area contributed by atoms with Crippen molar-refractivity contribution < 1.29 is 0 Å². The molecule has 0 aliphatic rings. The third-order valence-corrected chi connectivity index (χ3v) is 2.89. The minimum absolute atomic E-state index is 0.301. The van der Waals surface area contributed by atoms with E-state index in [1.807, 2.05) is 30.3 Å². The van der Waals surface area contributed by atoms with Gasteiger partial charge in [0.05, 0.1) is 5.69 Å². The van der Waals surface area contributed by atoms with Gasteiger partial charge in [-0.25, -0.2) is 4.79 Å². The van der Waals surface area contributed by atoms with Gasteiger partial charge in [0, 0.05) is 24.3 Å². The molecule has 2 heterocycles. The number of fused-ring (bicyclic) bond motifs is 1. The summed E-state index contributed by atoms with van der Waals surface area (Å²) >= 11 is 0. The average molecular weight is 240 g/mol. The minimum atomic E-state index is -0.301. The van der Waals surface area contributed by atoms with E-state index in [1.165, 1.54) is 4.57 Å². The van der Waals surface area contributed by atoms with Crippen LogP contribution in [0.2, 0.25) is 0 Å². The lowest BCUT2D eigenvalue weighted by molar-refractivity contribution is 0.932. The van der Waals surface area contributed by atoms with Crippen LogP contribution in [0.15, 0.2) is 47.5 Å². The van der Waals surface area contributed by atoms with Crippen molar-refractivity contribution in [1.29, 1.82) is 0 Å². The van der Waals surface area contributed by atoms with Gasteiger partial charge in [0.15, 0.2) is 0 Å². The van der Waals surface area contributed by atoms with E-state index >= 15 is 0 Å². The maximum atomic E-state index is 11.9. The molecule has 0 unspecified atom stereocenters. The molecule has 0 amide bonds. The van der Waals surface area contributed by atoms with Gasteiger partial charge in [0.2, 0.25) is 0 Å². The first-order valence-electron chi connectivity index (χ1n) is 5.64. The summed E-state index contributed by atoms with van der Waals surface area (Å²) in [6.45, 7) is 0.490. The van der Waals surface area contributed by atoms with Crippen molar-refractivity contribution in [3.8, 4) is 5.69 Å². The van der Waals surface area contributed by atoms with Crippen LogP contribution in [0.25, 0.3) is 16.7 Å². The predicted octanol–water partition coefficient (Wildman–Crippen LogP) is 1.17. The molecule has 0 spiro atoms. The van der Waals surface area contributed by atoms with Crippen LogP contribution in [0, 0.1) is 0 Å². The van der Waals surface area contributed by atoms with Crippen LogP contribution in [0.1, 0.15) is 5.56 Å². The van der Waals surface area contributed by atoms with E-state index in [4.69, 9.17) is 5.73 Å². The first-order chi connectivity index (χ1) is 8.78. The fourth-order valence-corrected chi connectivity index (χ4v) is 1.90. The first kappa shape index (κ1) is 10.7. The molecule has 0 atom stereocenters. The number of hydrogen-bond acceptors (Lipinski definition) is 3. The van der Waals surface area contributed by atoms with Gasteiger partial charge >= 0.3 is 5.69 Å². The number of nitrogens with two attached hydrogens (primary N) is 1. The number of hydrogen-bond donors (Lipinski definition) is 2. The Morgan fingerprint density at radius 1 is 1.22 bits per heavy atom. The van der Waals surface area contributed by atoms with Gasteiger partial charge < -0.3 is 10.7 Å². The summed E-state index contributed by atoms with van der Waals surface area (Å²) in [5.74, 6) is 0. The predicted molar refractivity (Wildman–Crippen MR) is 69.6 cm³/mol. The molecule has 3 rings (SSSR count). The van der Waals surface area contributed by atoms with Gasteiger partial charge in [0.25, 0.3) is 0 Å². The molecule has 5 nitrogen and oxygen atoms in total. The molecule has 0 aliphatic carbocycles. The summed E-state index contributed by atoms with van der Waals surface area (Å²) in [5, 5.41) is 0.900. The number of H-pyrrole nitrogens is 1. The molecule has 0 saturated heterocycles. The lowest BCUT2D eigenvalue weighted by atomic mass is 10.2. The Bertz CT molecular complexity index is 740. The molecule has 0 aliphatic heterocycles. The Morgan fingerprint density at radius 2 is 2.00 bits per heavy atom. The molecule has 2 aromatic heterocycles. The van der Waals surface area contributed by atoms with E-state index < -0.39 is 0 Å². The third kappa shape index (κ3) is 1.70. The van der Waals surface area contributed by atoms with E-state index in [-0.39, 0.29) is 5.69 Å². The second-order valence-electron chi connectivity index (χ2n) is 4.05. The Morgan fingerprint density at radius 3 is 2.72 bits per heavy atom. The fraction of sp³-hybridized carbons (Fsp3) is 0.0769. The lowest BCUT2D eigenvalue weighted by Gasteiger charge is -2.05. The van der Waals surface area contributed by atoms with Gasteiger partial charge in [-0.05, 0) is 23.8 Å². The van der Waals surface area contributed by atoms with Gasteiger partial charge in [0.1, 0.15) is 5.65 Å². The number of aromatic nitrogens is 3. The molecular weight excluding hydrogens is 228 g/mol. The SMILES string of the molecule is NCc1ccc(-n2cc3cc[nH]c3nc2=O)cc1. The Labute approximate surface area is 103 Å². The molecule has 3 N–H and O–H groups in total. The lowest BCUT2D eigenvalue weighted by Crippen LogP contribution is -2.20. The highest BCUT2D eigenvalue weighted by molar-refractivity contribution is 5.74. The monoisotopic (exact) mass is 240 g/mol. The first-order valence-corrected chi connectivity index (χ1v) is 5.64. The summed E-state index contributed by atoms with van der Waals surface area (Å²) in [5.41, 5.74) is 7.66. The van der Waals surface area contributed by atoms with Crippen LogP contribution in [0.3, 0.4) is 0 Å². The zero-order valence-electron chi connectivity index (χ0n) is 9.63. The van der Waals surface area contributed by atoms with E-state index in [1.54, 1.807) is 12.4 Å². The van der Waals surface area contributed by atoms with Crippen LogP contribution in [-0.2, 0) is 6.54 Å². The molecule has 0 saturated carbocycles. The molecule has 0 bridgehead atoms. The quantitative estimate of drug-likeness (QED) is 0.706. The van der Waals surface area contributed by atoms with E-state index in [0.717, 1.165) is 16.6 Å². The summed E-state index contributed by atoms with van der Waals surface area (Å²) in [7, 11) is 0. The van der Waals surface area contributed by atoms with Crippen molar-refractivity contribution >= 4 is 11.0 Å². The van der Waals surface area contributed by atoms with E-state index in [0.29, 0.717) is 12.2 Å². The van der Waals surface area contributed by atoms with E-state index in [2.05, 4.69) is 9.97 Å². The zero-order valence-corrected chi connectivity index (χ0v) is 9.63. The molecule has 3 aromatic rings. The molecule has 18 heavy (non-hydrogen) atoms. The van der Waals surface area contributed by atoms with Crippen LogP contribution in [0.5, 0.6) is 0 Å². The molecule has 0 fully saturated rings. The number of benzene rings is 1. The Hall–Kier alpha value is -2.40. The van der Waals surface area contributed by atoms with Crippen LogP contribution >= 0.6 is 0 Å². The van der Waals surface area contributed by atoms with Crippen LogP contribution in [0.4, 0.5) is 0 Å². The summed E-state index contributed by atoms with van der Waals surface area (Å²) in [6.07, 6.45) is 3.54. The van der Waals surface area contributed by atoms with Gasteiger partial charge in [-0.2, -0.15) is 4.98 Å². The number of nitrogens with one attached hydrogen (secondary N) is 1. The van der Waals surface area contributed by atoms with Crippen LogP contribution in [-0.4, -0.2) is 14.5 Å². The van der Waals surface area contributed by atoms with Gasteiger partial charge in [-0.3, -0.25) is 4.57 Å². The maximum Gasteiger partial charge on any atom is 0.354 e. The van der Waals surface area contributed by atoms with Crippen molar-refractivity contribution in [2.45, 2.75) is 6.54 Å². The minimum Gasteiger partial charge on any atom is -0.346 e. The number of nitrogens with zero attached hydrogens (tertiary/aromatic N) is 2. The highest BCUT2D eigenvalue weighted by atomic mass is 16.1. The number of aromatic amines is 1. The number of rotatable bonds is 2. The highest BCUT2D eigenvalue weighted by Crippen LogP contribution is 2.11. The normalized spacial score (nSPS) is 10.9. The van der Waals surface area contributed by atoms with E-state index in [9.17, 15) is 4.79 Å². The van der Waals surface area contributed by atoms with Gasteiger partial charge in [-0.1, -0.05) is 12.1 Å². The Kier molecular flexibility index (Phi) is 2.46. The molecule has 5 heteroatoms. The average Bonchev–Trinajstić information content (AvgIpc) is 2.85. The standard InChI is InChI=1S/C13H12N4O/c14-7-9-1-3-11(4-2-9)17-8-10-5-6-15-12(10)16-13(17)18/h1-6,8H,7,14H2,(H,15,16,18). The maximum absolute atomic E-state index is 11.9.